The maximum absolute atomic E-state index is 13.0. The van der Waals surface area contributed by atoms with E-state index in [4.69, 9.17) is 4.74 Å². The summed E-state index contributed by atoms with van der Waals surface area (Å²) in [4.78, 5) is 13.9. The van der Waals surface area contributed by atoms with Gasteiger partial charge in [-0.2, -0.15) is 17.6 Å². The summed E-state index contributed by atoms with van der Waals surface area (Å²) >= 11 is 0. The second-order valence-electron chi connectivity index (χ2n) is 2.73. The smallest absolute Gasteiger partial charge is 0.455 e. The van der Waals surface area contributed by atoms with Crippen LogP contribution in [0.4, 0.5) is 17.6 Å². The molecule has 0 radical (unpaired) electrons. The van der Waals surface area contributed by atoms with Crippen molar-refractivity contribution < 1.29 is 27.1 Å². The number of rotatable bonds is 3. The van der Waals surface area contributed by atoms with Gasteiger partial charge in [0.25, 0.3) is 5.78 Å². The van der Waals surface area contributed by atoms with Gasteiger partial charge in [0.1, 0.15) is 11.3 Å². The topological polar surface area (TPSA) is 39.2 Å². The SMILES string of the molecule is CCOc1ccnc(F)c1C(=O)C(F)(F)F. The molecule has 1 aromatic rings. The lowest BCUT2D eigenvalue weighted by Gasteiger charge is -2.10. The highest BCUT2D eigenvalue weighted by Crippen LogP contribution is 2.28. The lowest BCUT2D eigenvalue weighted by Crippen LogP contribution is -2.25. The number of ketones is 1. The van der Waals surface area contributed by atoms with Crippen molar-refractivity contribution in [3.63, 3.8) is 0 Å². The zero-order chi connectivity index (χ0) is 12.3. The van der Waals surface area contributed by atoms with Gasteiger partial charge in [0.05, 0.1) is 6.61 Å². The van der Waals surface area contributed by atoms with Crippen LogP contribution in [-0.4, -0.2) is 23.6 Å². The summed E-state index contributed by atoms with van der Waals surface area (Å²) in [6.45, 7) is 1.52. The monoisotopic (exact) mass is 237 g/mol. The number of carbonyl (C=O) groups is 1. The number of carbonyl (C=O) groups excluding carboxylic acids is 1. The molecule has 0 N–H and O–H groups in total. The fourth-order valence-corrected chi connectivity index (χ4v) is 1.04. The van der Waals surface area contributed by atoms with E-state index in [0.29, 0.717) is 0 Å². The third-order valence-electron chi connectivity index (χ3n) is 1.65. The van der Waals surface area contributed by atoms with Crippen LogP contribution in [0.25, 0.3) is 0 Å². The first-order valence-electron chi connectivity index (χ1n) is 4.26. The van der Waals surface area contributed by atoms with Crippen molar-refractivity contribution in [3.8, 4) is 5.75 Å². The molecule has 1 rings (SSSR count). The molecular formula is C9H7F4NO2. The minimum atomic E-state index is -5.16. The predicted octanol–water partition coefficient (Wildman–Crippen LogP) is 2.36. The van der Waals surface area contributed by atoms with Crippen LogP contribution >= 0.6 is 0 Å². The number of alkyl halides is 3. The van der Waals surface area contributed by atoms with Gasteiger partial charge < -0.3 is 4.74 Å². The molecule has 0 fully saturated rings. The zero-order valence-corrected chi connectivity index (χ0v) is 8.14. The van der Waals surface area contributed by atoms with Gasteiger partial charge in [-0.3, -0.25) is 4.79 Å². The molecule has 0 bridgehead atoms. The number of hydrogen-bond donors (Lipinski definition) is 0. The fraction of sp³-hybridized carbons (Fsp3) is 0.333. The molecule has 1 heterocycles. The number of ether oxygens (including phenoxy) is 1. The van der Waals surface area contributed by atoms with Crippen molar-refractivity contribution in [1.82, 2.24) is 4.98 Å². The van der Waals surface area contributed by atoms with E-state index >= 15 is 0 Å². The molecule has 0 saturated heterocycles. The Morgan fingerprint density at radius 1 is 1.50 bits per heavy atom. The van der Waals surface area contributed by atoms with Crippen LogP contribution in [0, 0.1) is 5.95 Å². The third kappa shape index (κ3) is 2.47. The Morgan fingerprint density at radius 3 is 2.62 bits per heavy atom. The summed E-state index contributed by atoms with van der Waals surface area (Å²) in [5, 5.41) is 0. The van der Waals surface area contributed by atoms with Crippen molar-refractivity contribution in [1.29, 1.82) is 0 Å². The Balaban J connectivity index is 3.25. The molecule has 1 aromatic heterocycles. The van der Waals surface area contributed by atoms with Crippen LogP contribution in [0.15, 0.2) is 12.3 Å². The number of Topliss-reactive ketones (excluding diaryl/α,β-unsaturated/α-hetero) is 1. The van der Waals surface area contributed by atoms with Crippen LogP contribution in [-0.2, 0) is 0 Å². The second kappa shape index (κ2) is 4.46. The molecule has 88 valence electrons. The largest absolute Gasteiger partial charge is 0.493 e. The van der Waals surface area contributed by atoms with Crippen LogP contribution in [0.5, 0.6) is 5.75 Å². The summed E-state index contributed by atoms with van der Waals surface area (Å²) in [5.41, 5.74) is -1.18. The van der Waals surface area contributed by atoms with E-state index in [0.717, 1.165) is 12.3 Å². The minimum Gasteiger partial charge on any atom is -0.493 e. The molecule has 0 aliphatic rings. The molecule has 0 amide bonds. The van der Waals surface area contributed by atoms with E-state index in [9.17, 15) is 22.4 Å². The molecule has 0 atom stereocenters. The first-order valence-corrected chi connectivity index (χ1v) is 4.26. The zero-order valence-electron chi connectivity index (χ0n) is 8.14. The normalized spacial score (nSPS) is 11.3. The van der Waals surface area contributed by atoms with Gasteiger partial charge in [-0.15, -0.1) is 0 Å². The molecule has 0 saturated carbocycles. The Morgan fingerprint density at radius 2 is 2.12 bits per heavy atom. The van der Waals surface area contributed by atoms with E-state index in [2.05, 4.69) is 4.98 Å². The average Bonchev–Trinajstić information content (AvgIpc) is 2.16. The molecule has 3 nitrogen and oxygen atoms in total. The Bertz CT molecular complexity index is 403. The van der Waals surface area contributed by atoms with Gasteiger partial charge in [-0.1, -0.05) is 0 Å². The molecule has 0 aromatic carbocycles. The van der Waals surface area contributed by atoms with Crippen molar-refractivity contribution in [3.05, 3.63) is 23.8 Å². The van der Waals surface area contributed by atoms with E-state index < -0.39 is 29.2 Å². The van der Waals surface area contributed by atoms with Gasteiger partial charge >= 0.3 is 6.18 Å². The average molecular weight is 237 g/mol. The highest BCUT2D eigenvalue weighted by atomic mass is 19.4. The number of pyridine rings is 1. The quantitative estimate of drug-likeness (QED) is 0.460. The Labute approximate surface area is 88.0 Å². The molecule has 0 unspecified atom stereocenters. The van der Waals surface area contributed by atoms with Gasteiger partial charge in [0.15, 0.2) is 0 Å². The maximum atomic E-state index is 13.0. The van der Waals surface area contributed by atoms with Crippen LogP contribution in [0.3, 0.4) is 0 Å². The number of halogens is 4. The van der Waals surface area contributed by atoms with Crippen LogP contribution < -0.4 is 4.74 Å². The van der Waals surface area contributed by atoms with Crippen molar-refractivity contribution in [2.75, 3.05) is 6.61 Å². The number of nitrogens with zero attached hydrogens (tertiary/aromatic N) is 1. The van der Waals surface area contributed by atoms with E-state index in [1.54, 1.807) is 0 Å². The molecule has 0 spiro atoms. The van der Waals surface area contributed by atoms with E-state index in [1.165, 1.54) is 6.92 Å². The fourth-order valence-electron chi connectivity index (χ4n) is 1.04. The summed E-state index contributed by atoms with van der Waals surface area (Å²) in [5.74, 6) is -4.26. The first kappa shape index (κ1) is 12.4. The van der Waals surface area contributed by atoms with Gasteiger partial charge in [0, 0.05) is 6.20 Å². The highest BCUT2D eigenvalue weighted by molar-refractivity contribution is 6.02. The second-order valence-corrected chi connectivity index (χ2v) is 2.73. The highest BCUT2D eigenvalue weighted by Gasteiger charge is 2.42. The lowest BCUT2D eigenvalue weighted by atomic mass is 10.1. The summed E-state index contributed by atoms with van der Waals surface area (Å²) in [6.07, 6.45) is -4.23. The number of hydrogen-bond acceptors (Lipinski definition) is 3. The molecule has 16 heavy (non-hydrogen) atoms. The van der Waals surface area contributed by atoms with Crippen LogP contribution in [0.1, 0.15) is 17.3 Å². The van der Waals surface area contributed by atoms with Crippen LogP contribution in [0.2, 0.25) is 0 Å². The first-order chi connectivity index (χ1) is 7.38. The van der Waals surface area contributed by atoms with Gasteiger partial charge in [-0.25, -0.2) is 4.98 Å². The van der Waals surface area contributed by atoms with Gasteiger partial charge in [-0.05, 0) is 13.0 Å². The third-order valence-corrected chi connectivity index (χ3v) is 1.65. The molecular weight excluding hydrogens is 230 g/mol. The summed E-state index contributed by atoms with van der Waals surface area (Å²) < 4.78 is 54.2. The van der Waals surface area contributed by atoms with E-state index in [1.807, 2.05) is 0 Å². The van der Waals surface area contributed by atoms with Crippen molar-refractivity contribution in [2.24, 2.45) is 0 Å². The van der Waals surface area contributed by atoms with Crippen molar-refractivity contribution >= 4 is 5.78 Å². The van der Waals surface area contributed by atoms with Gasteiger partial charge in [0.2, 0.25) is 5.95 Å². The summed E-state index contributed by atoms with van der Waals surface area (Å²) in [6, 6.07) is 1.01. The predicted molar refractivity (Wildman–Crippen MR) is 45.7 cm³/mol. The Hall–Kier alpha value is -1.66. The summed E-state index contributed by atoms with van der Waals surface area (Å²) in [7, 11) is 0. The maximum Gasteiger partial charge on any atom is 0.455 e. The lowest BCUT2D eigenvalue weighted by molar-refractivity contribution is -0.0889. The Kier molecular flexibility index (Phi) is 3.46. The standard InChI is InChI=1S/C9H7F4NO2/c1-2-16-5-3-4-14-8(10)6(5)7(15)9(11,12)13/h3-4H,2H2,1H3. The number of aromatic nitrogens is 1. The van der Waals surface area contributed by atoms with E-state index in [-0.39, 0.29) is 6.61 Å². The molecule has 0 aliphatic carbocycles. The minimum absolute atomic E-state index is 0.0155. The molecule has 0 aliphatic heterocycles. The van der Waals surface area contributed by atoms with Crippen molar-refractivity contribution in [2.45, 2.75) is 13.1 Å². The molecule has 7 heteroatoms.